The van der Waals surface area contributed by atoms with Crippen molar-refractivity contribution in [2.45, 2.75) is 26.2 Å². The summed E-state index contributed by atoms with van der Waals surface area (Å²) in [6.45, 7) is 6.02. The first-order valence-corrected chi connectivity index (χ1v) is 6.16. The number of benzene rings is 1. The minimum absolute atomic E-state index is 0.0697. The molecule has 2 aromatic rings. The van der Waals surface area contributed by atoms with Gasteiger partial charge in [-0.25, -0.2) is 0 Å². The van der Waals surface area contributed by atoms with Gasteiger partial charge in [-0.3, -0.25) is 9.78 Å². The zero-order valence-corrected chi connectivity index (χ0v) is 11.3. The van der Waals surface area contributed by atoms with E-state index < -0.39 is 0 Å². The van der Waals surface area contributed by atoms with E-state index in [1.165, 1.54) is 0 Å². The third kappa shape index (κ3) is 2.65. The van der Waals surface area contributed by atoms with Crippen LogP contribution in [0, 0.1) is 0 Å². The molecule has 1 aromatic heterocycles. The zero-order valence-electron chi connectivity index (χ0n) is 11.3. The third-order valence-corrected chi connectivity index (χ3v) is 3.09. The van der Waals surface area contributed by atoms with Crippen molar-refractivity contribution in [1.29, 1.82) is 0 Å². The van der Waals surface area contributed by atoms with Crippen molar-refractivity contribution in [2.24, 2.45) is 0 Å². The highest BCUT2D eigenvalue weighted by atomic mass is 16.3. The van der Waals surface area contributed by atoms with Gasteiger partial charge < -0.3 is 5.11 Å². The van der Waals surface area contributed by atoms with Crippen molar-refractivity contribution >= 4 is 6.29 Å². The van der Waals surface area contributed by atoms with E-state index in [2.05, 4.69) is 4.98 Å². The number of phenols is 1. The fourth-order valence-corrected chi connectivity index (χ4v) is 2.03. The molecule has 0 saturated carbocycles. The molecular weight excluding hydrogens is 238 g/mol. The van der Waals surface area contributed by atoms with Gasteiger partial charge in [0.1, 0.15) is 5.75 Å². The predicted octanol–water partition coefficient (Wildman–Crippen LogP) is 3.56. The van der Waals surface area contributed by atoms with Gasteiger partial charge >= 0.3 is 0 Å². The molecule has 0 aliphatic carbocycles. The number of nitrogens with zero attached hydrogens (tertiary/aromatic N) is 1. The largest absolute Gasteiger partial charge is 0.507 e. The highest BCUT2D eigenvalue weighted by Gasteiger charge is 2.21. The summed E-state index contributed by atoms with van der Waals surface area (Å²) in [5.74, 6) is 0.0697. The molecule has 0 saturated heterocycles. The number of hydrogen-bond acceptors (Lipinski definition) is 3. The second kappa shape index (κ2) is 4.84. The topological polar surface area (TPSA) is 50.2 Å². The molecule has 1 heterocycles. The molecule has 1 N–H and O–H groups in total. The smallest absolute Gasteiger partial charge is 0.153 e. The number of aromatic hydroxyl groups is 1. The molecule has 3 nitrogen and oxygen atoms in total. The van der Waals surface area contributed by atoms with E-state index in [4.69, 9.17) is 0 Å². The summed E-state index contributed by atoms with van der Waals surface area (Å²) in [5.41, 5.74) is 2.74. The zero-order chi connectivity index (χ0) is 14.0. The molecule has 0 aliphatic rings. The number of rotatable bonds is 2. The summed E-state index contributed by atoms with van der Waals surface area (Å²) in [6.07, 6.45) is 4.11. The lowest BCUT2D eigenvalue weighted by Gasteiger charge is -2.22. The summed E-state index contributed by atoms with van der Waals surface area (Å²) in [5, 5.41) is 10.2. The Balaban J connectivity index is 2.68. The maximum absolute atomic E-state index is 11.1. The van der Waals surface area contributed by atoms with Gasteiger partial charge in [-0.2, -0.15) is 0 Å². The quantitative estimate of drug-likeness (QED) is 0.835. The van der Waals surface area contributed by atoms with Crippen LogP contribution >= 0.6 is 0 Å². The van der Waals surface area contributed by atoms with Gasteiger partial charge in [-0.1, -0.05) is 20.8 Å². The fourth-order valence-electron chi connectivity index (χ4n) is 2.03. The second-order valence-electron chi connectivity index (χ2n) is 5.57. The van der Waals surface area contributed by atoms with E-state index in [1.54, 1.807) is 18.5 Å². The van der Waals surface area contributed by atoms with Gasteiger partial charge in [0.25, 0.3) is 0 Å². The monoisotopic (exact) mass is 255 g/mol. The molecule has 1 aromatic carbocycles. The summed E-state index contributed by atoms with van der Waals surface area (Å²) < 4.78 is 0. The summed E-state index contributed by atoms with van der Waals surface area (Å²) in [7, 11) is 0. The number of carbonyl (C=O) groups is 1. The molecule has 98 valence electrons. The number of carbonyl (C=O) groups excluding carboxylic acids is 1. The van der Waals surface area contributed by atoms with Gasteiger partial charge in [0.15, 0.2) is 6.29 Å². The Labute approximate surface area is 112 Å². The average Bonchev–Trinajstić information content (AvgIpc) is 2.38. The highest BCUT2D eigenvalue weighted by molar-refractivity contribution is 5.84. The maximum Gasteiger partial charge on any atom is 0.153 e. The van der Waals surface area contributed by atoms with E-state index in [0.29, 0.717) is 11.8 Å². The summed E-state index contributed by atoms with van der Waals surface area (Å²) in [4.78, 5) is 15.1. The number of pyridine rings is 1. The van der Waals surface area contributed by atoms with Crippen molar-refractivity contribution < 1.29 is 9.90 Å². The lowest BCUT2D eigenvalue weighted by Crippen LogP contribution is -2.12. The highest BCUT2D eigenvalue weighted by Crippen LogP contribution is 2.36. The Bertz CT molecular complexity index is 598. The Hall–Kier alpha value is -2.16. The van der Waals surface area contributed by atoms with Crippen LogP contribution in [0.4, 0.5) is 0 Å². The molecule has 0 spiro atoms. The van der Waals surface area contributed by atoms with Crippen LogP contribution in [0.1, 0.15) is 36.7 Å². The first-order chi connectivity index (χ1) is 8.93. The van der Waals surface area contributed by atoms with E-state index in [9.17, 15) is 9.90 Å². The van der Waals surface area contributed by atoms with Crippen molar-refractivity contribution in [3.63, 3.8) is 0 Å². The average molecular weight is 255 g/mol. The van der Waals surface area contributed by atoms with Crippen LogP contribution in [0.25, 0.3) is 11.1 Å². The van der Waals surface area contributed by atoms with Gasteiger partial charge in [0.05, 0.1) is 5.56 Å². The molecule has 0 unspecified atom stereocenters. The Morgan fingerprint density at radius 3 is 2.26 bits per heavy atom. The molecule has 0 fully saturated rings. The van der Waals surface area contributed by atoms with E-state index >= 15 is 0 Å². The van der Waals surface area contributed by atoms with Crippen molar-refractivity contribution in [1.82, 2.24) is 4.98 Å². The fraction of sp³-hybridized carbons (Fsp3) is 0.250. The number of aromatic nitrogens is 1. The summed E-state index contributed by atoms with van der Waals surface area (Å²) in [6, 6.07) is 7.39. The van der Waals surface area contributed by atoms with Gasteiger partial charge in [-0.05, 0) is 40.8 Å². The number of phenolic OH excluding ortho intramolecular Hbond substituents is 1. The third-order valence-electron chi connectivity index (χ3n) is 3.09. The minimum atomic E-state index is -0.231. The van der Waals surface area contributed by atoms with E-state index in [-0.39, 0.29) is 11.2 Å². The van der Waals surface area contributed by atoms with Crippen LogP contribution in [0.3, 0.4) is 0 Å². The lowest BCUT2D eigenvalue weighted by atomic mass is 9.83. The van der Waals surface area contributed by atoms with Gasteiger partial charge in [0, 0.05) is 18.0 Å². The molecule has 0 atom stereocenters. The normalized spacial score (nSPS) is 11.3. The second-order valence-corrected chi connectivity index (χ2v) is 5.57. The minimum Gasteiger partial charge on any atom is -0.507 e. The molecule has 3 heteroatoms. The van der Waals surface area contributed by atoms with Crippen LogP contribution in [0.5, 0.6) is 5.75 Å². The lowest BCUT2D eigenvalue weighted by molar-refractivity contribution is 0.112. The first kappa shape index (κ1) is 13.3. The molecule has 2 rings (SSSR count). The maximum atomic E-state index is 11.1. The van der Waals surface area contributed by atoms with Gasteiger partial charge in [0.2, 0.25) is 0 Å². The van der Waals surface area contributed by atoms with E-state index in [1.807, 2.05) is 39.0 Å². The van der Waals surface area contributed by atoms with Gasteiger partial charge in [-0.15, -0.1) is 0 Å². The van der Waals surface area contributed by atoms with Crippen LogP contribution in [-0.4, -0.2) is 16.4 Å². The Morgan fingerprint density at radius 1 is 1.11 bits per heavy atom. The summed E-state index contributed by atoms with van der Waals surface area (Å²) >= 11 is 0. The molecular formula is C16H17NO2. The van der Waals surface area contributed by atoms with Crippen LogP contribution in [0.15, 0.2) is 36.7 Å². The Morgan fingerprint density at radius 2 is 1.74 bits per heavy atom. The first-order valence-electron chi connectivity index (χ1n) is 6.16. The molecule has 0 radical (unpaired) electrons. The standard InChI is InChI=1S/C16H17NO2/c1-16(2,3)14-9-12(8-13(10-18)15(14)19)11-4-6-17-7-5-11/h4-10,19H,1-3H3. The molecule has 0 bridgehead atoms. The van der Waals surface area contributed by atoms with Crippen molar-refractivity contribution in [3.8, 4) is 16.9 Å². The Kier molecular flexibility index (Phi) is 3.38. The molecule has 0 amide bonds. The molecule has 19 heavy (non-hydrogen) atoms. The van der Waals surface area contributed by atoms with Crippen molar-refractivity contribution in [3.05, 3.63) is 47.8 Å². The van der Waals surface area contributed by atoms with Crippen LogP contribution in [-0.2, 0) is 5.41 Å². The number of aldehydes is 1. The SMILES string of the molecule is CC(C)(C)c1cc(-c2ccncc2)cc(C=O)c1O. The number of hydrogen-bond donors (Lipinski definition) is 1. The van der Waals surface area contributed by atoms with Crippen LogP contribution in [0.2, 0.25) is 0 Å². The molecule has 0 aliphatic heterocycles. The van der Waals surface area contributed by atoms with Crippen molar-refractivity contribution in [2.75, 3.05) is 0 Å². The predicted molar refractivity (Wildman–Crippen MR) is 75.4 cm³/mol. The van der Waals surface area contributed by atoms with Crippen LogP contribution < -0.4 is 0 Å². The van der Waals surface area contributed by atoms with E-state index in [0.717, 1.165) is 16.7 Å².